The number of hydrogen-bond acceptors (Lipinski definition) is 6. The number of amides is 1. The minimum atomic E-state index is -2.87. The number of benzene rings is 2. The first-order chi connectivity index (χ1) is 25.1. The highest BCUT2D eigenvalue weighted by molar-refractivity contribution is 6.43. The van der Waals surface area contributed by atoms with E-state index in [1.54, 1.807) is 18.2 Å². The van der Waals surface area contributed by atoms with Crippen molar-refractivity contribution >= 4 is 50.9 Å². The Hall–Kier alpha value is -4.31. The molecule has 5 aliphatic rings. The summed E-state index contributed by atoms with van der Waals surface area (Å²) in [6, 6.07) is 12.5. The average Bonchev–Trinajstić information content (AvgIpc) is 3.59. The third kappa shape index (κ3) is 5.26. The van der Waals surface area contributed by atoms with Crippen molar-refractivity contribution in [3.63, 3.8) is 0 Å². The van der Waals surface area contributed by atoms with Crippen molar-refractivity contribution in [2.45, 2.75) is 76.2 Å². The van der Waals surface area contributed by atoms with E-state index in [-0.39, 0.29) is 65.3 Å². The van der Waals surface area contributed by atoms with E-state index < -0.39 is 24.5 Å². The Morgan fingerprint density at radius 1 is 1.17 bits per heavy atom. The maximum absolute atomic E-state index is 17.2. The van der Waals surface area contributed by atoms with E-state index >= 15 is 4.39 Å². The number of aromatic nitrogens is 4. The maximum atomic E-state index is 17.2. The summed E-state index contributed by atoms with van der Waals surface area (Å²) in [4.78, 5) is 20.6. The smallest absolute Gasteiger partial charge is 0.336 e. The zero-order valence-electron chi connectivity index (χ0n) is 28.1. The van der Waals surface area contributed by atoms with Crippen LogP contribution in [-0.2, 0) is 11.2 Å². The molecule has 5 aromatic rings. The van der Waals surface area contributed by atoms with E-state index in [4.69, 9.17) is 32.9 Å². The molecule has 2 aliphatic carbocycles. The second-order valence-electron chi connectivity index (χ2n) is 14.4. The predicted octanol–water partition coefficient (Wildman–Crippen LogP) is 8.32. The third-order valence-corrected chi connectivity index (χ3v) is 12.2. The number of aryl methyl sites for hydroxylation is 2. The van der Waals surface area contributed by atoms with E-state index in [1.165, 1.54) is 12.3 Å². The molecule has 5 unspecified atom stereocenters. The molecular formula is C38H34Cl2F3N7O2. The van der Waals surface area contributed by atoms with Gasteiger partial charge >= 0.3 is 6.55 Å². The summed E-state index contributed by atoms with van der Waals surface area (Å²) in [6.07, 6.45) is 4.15. The van der Waals surface area contributed by atoms with E-state index in [0.717, 1.165) is 42.4 Å². The summed E-state index contributed by atoms with van der Waals surface area (Å²) in [5.74, 6) is -0.318. The number of likely N-dealkylation sites (tertiary alicyclic amines) is 1. The number of nitriles is 1. The Bertz CT molecular complexity index is 2300. The third-order valence-electron chi connectivity index (χ3n) is 11.4. The van der Waals surface area contributed by atoms with Crippen molar-refractivity contribution in [3.05, 3.63) is 75.4 Å². The zero-order chi connectivity index (χ0) is 36.0. The normalized spacial score (nSPS) is 23.9. The number of rotatable bonds is 9. The Labute approximate surface area is 307 Å². The van der Waals surface area contributed by atoms with E-state index in [1.807, 2.05) is 17.9 Å². The van der Waals surface area contributed by atoms with Crippen LogP contribution in [0, 0.1) is 35.9 Å². The fraction of sp³-hybridized carbons (Fsp3) is 0.421. The summed E-state index contributed by atoms with van der Waals surface area (Å²) < 4.78 is 53.6. The number of hydrogen-bond donors (Lipinski definition) is 1. The molecule has 9 nitrogen and oxygen atoms in total. The summed E-state index contributed by atoms with van der Waals surface area (Å²) >= 11 is 13.1. The number of alkyl halides is 2. The lowest BCUT2D eigenvalue weighted by Crippen LogP contribution is -2.41. The monoisotopic (exact) mass is 747 g/mol. The Morgan fingerprint density at radius 3 is 2.71 bits per heavy atom. The fourth-order valence-corrected chi connectivity index (χ4v) is 9.18. The van der Waals surface area contributed by atoms with Crippen LogP contribution >= 0.6 is 23.2 Å². The van der Waals surface area contributed by atoms with Crippen LogP contribution < -0.4 is 10.1 Å². The van der Waals surface area contributed by atoms with Crippen LogP contribution in [-0.4, -0.2) is 55.4 Å². The molecule has 0 radical (unpaired) electrons. The Morgan fingerprint density at radius 2 is 2.00 bits per heavy atom. The standard InChI is InChI=1S/C38H34Cl2F3N7O2/c1-18-24-15-29(28-14-22(17-48(28)37(51)19-7-8-19)52-30-9-11-46-50(30)38(42)43)49(35-21-13-27(35)45-16-21)36(24)25-12-20(4-3-10-44)31(33(41)34(25)47-18)23-5-2-6-26(39)32(23)40/h2,5-6,9,11-12,15,19,21-22,27-28,35,38,45H,3-4,7-8,13-14,16-17H2,1H3. The van der Waals surface area contributed by atoms with Gasteiger partial charge in [0.2, 0.25) is 11.8 Å². The molecule has 0 spiro atoms. The molecule has 52 heavy (non-hydrogen) atoms. The van der Waals surface area contributed by atoms with Crippen LogP contribution in [0.4, 0.5) is 13.2 Å². The van der Waals surface area contributed by atoms with Crippen LogP contribution in [0.2, 0.25) is 10.0 Å². The molecular weight excluding hydrogens is 714 g/mol. The molecule has 3 saturated heterocycles. The van der Waals surface area contributed by atoms with Crippen LogP contribution in [0.1, 0.15) is 67.7 Å². The number of halogens is 5. The Kier molecular flexibility index (Phi) is 8.17. The van der Waals surface area contributed by atoms with Crippen LogP contribution in [0.15, 0.2) is 42.6 Å². The minimum absolute atomic E-state index is 0.0255. The maximum Gasteiger partial charge on any atom is 0.336 e. The fourth-order valence-electron chi connectivity index (χ4n) is 8.78. The van der Waals surface area contributed by atoms with Crippen LogP contribution in [0.5, 0.6) is 5.88 Å². The quantitative estimate of drug-likeness (QED) is 0.163. The van der Waals surface area contributed by atoms with Gasteiger partial charge in [-0.2, -0.15) is 23.8 Å². The van der Waals surface area contributed by atoms with Gasteiger partial charge in [0, 0.05) is 70.7 Å². The van der Waals surface area contributed by atoms with Gasteiger partial charge in [0.15, 0.2) is 5.82 Å². The average molecular weight is 749 g/mol. The second kappa shape index (κ2) is 12.7. The number of ether oxygens (including phenoxy) is 1. The molecule has 1 amide bonds. The molecule has 14 heteroatoms. The molecule has 5 fully saturated rings. The topological polar surface area (TPSA) is 101 Å². The SMILES string of the molecule is Cc1nc2c(F)c(-c3cccc(Cl)c3Cl)c(CCC#N)cc2c2c1cc(C1CC(Oc3ccnn3C(F)F)CN1C(=O)C1CC1)n2C1C2CNC1C2. The molecule has 268 valence electrons. The first kappa shape index (κ1) is 33.5. The highest BCUT2D eigenvalue weighted by Gasteiger charge is 2.51. The molecule has 6 heterocycles. The number of fused-ring (bicyclic) bond motifs is 4. The first-order valence-electron chi connectivity index (χ1n) is 17.6. The molecule has 10 rings (SSSR count). The van der Waals surface area contributed by atoms with Gasteiger partial charge in [0.1, 0.15) is 11.6 Å². The summed E-state index contributed by atoms with van der Waals surface area (Å²) in [5.41, 5.74) is 3.83. The zero-order valence-corrected chi connectivity index (χ0v) is 29.6. The summed E-state index contributed by atoms with van der Waals surface area (Å²) in [6.45, 7) is 0.0696. The minimum Gasteiger partial charge on any atom is -0.472 e. The van der Waals surface area contributed by atoms with E-state index in [2.05, 4.69) is 27.1 Å². The highest BCUT2D eigenvalue weighted by Crippen LogP contribution is 2.51. The van der Waals surface area contributed by atoms with E-state index in [0.29, 0.717) is 44.3 Å². The van der Waals surface area contributed by atoms with Gasteiger partial charge in [-0.05, 0) is 62.3 Å². The molecule has 1 N–H and O–H groups in total. The van der Waals surface area contributed by atoms with E-state index in [9.17, 15) is 18.8 Å². The lowest BCUT2D eigenvalue weighted by Gasteiger charge is -2.39. The Balaban J connectivity index is 1.25. The molecule has 2 aromatic carbocycles. The van der Waals surface area contributed by atoms with Crippen LogP contribution in [0.3, 0.4) is 0 Å². The predicted molar refractivity (Wildman–Crippen MR) is 190 cm³/mol. The van der Waals surface area contributed by atoms with Crippen LogP contribution in [0.25, 0.3) is 32.9 Å². The van der Waals surface area contributed by atoms with Gasteiger partial charge < -0.3 is 19.5 Å². The molecule has 2 bridgehead atoms. The second-order valence-corrected chi connectivity index (χ2v) is 15.2. The molecule has 3 aromatic heterocycles. The number of nitrogens with zero attached hydrogens (tertiary/aromatic N) is 6. The van der Waals surface area contributed by atoms with Gasteiger partial charge in [-0.3, -0.25) is 4.79 Å². The van der Waals surface area contributed by atoms with Crippen molar-refractivity contribution in [2.75, 3.05) is 13.1 Å². The largest absolute Gasteiger partial charge is 0.472 e. The lowest BCUT2D eigenvalue weighted by molar-refractivity contribution is -0.133. The van der Waals surface area contributed by atoms with Crippen molar-refractivity contribution in [3.8, 4) is 23.1 Å². The van der Waals surface area contributed by atoms with Gasteiger partial charge in [-0.1, -0.05) is 35.3 Å². The van der Waals surface area contributed by atoms with Crippen molar-refractivity contribution in [1.29, 1.82) is 5.26 Å². The highest BCUT2D eigenvalue weighted by atomic mass is 35.5. The van der Waals surface area contributed by atoms with Crippen molar-refractivity contribution in [1.82, 2.24) is 29.5 Å². The number of pyridine rings is 1. The number of carbonyl (C=O) groups excluding carboxylic acids is 1. The van der Waals surface area contributed by atoms with Gasteiger partial charge in [-0.15, -0.1) is 0 Å². The van der Waals surface area contributed by atoms with Crippen molar-refractivity contribution in [2.24, 2.45) is 11.8 Å². The number of carbonyl (C=O) groups is 1. The summed E-state index contributed by atoms with van der Waals surface area (Å²) in [7, 11) is 0. The van der Waals surface area contributed by atoms with Crippen molar-refractivity contribution < 1.29 is 22.7 Å². The number of nitrogens with one attached hydrogen (secondary N) is 1. The molecule has 5 atom stereocenters. The van der Waals surface area contributed by atoms with Gasteiger partial charge in [0.05, 0.1) is 46.5 Å². The molecule has 2 saturated carbocycles. The van der Waals surface area contributed by atoms with Gasteiger partial charge in [0.25, 0.3) is 0 Å². The summed E-state index contributed by atoms with van der Waals surface area (Å²) in [5, 5.41) is 18.9. The first-order valence-corrected chi connectivity index (χ1v) is 18.4. The lowest BCUT2D eigenvalue weighted by atomic mass is 9.79. The van der Waals surface area contributed by atoms with Gasteiger partial charge in [-0.25, -0.2) is 9.37 Å². The molecule has 3 aliphatic heterocycles.